The van der Waals surface area contributed by atoms with Gasteiger partial charge < -0.3 is 14.6 Å². The van der Waals surface area contributed by atoms with Crippen molar-refractivity contribution in [3.8, 4) is 5.82 Å². The minimum absolute atomic E-state index is 0.603. The molecule has 0 saturated heterocycles. The number of rotatable bonds is 6. The number of aryl methyl sites for hydroxylation is 2. The fraction of sp³-hybridized carbons (Fsp3) is 0.353. The summed E-state index contributed by atoms with van der Waals surface area (Å²) in [7, 11) is 0. The fourth-order valence-corrected chi connectivity index (χ4v) is 2.36. The van der Waals surface area contributed by atoms with E-state index in [2.05, 4.69) is 9.89 Å². The summed E-state index contributed by atoms with van der Waals surface area (Å²) in [6.07, 6.45) is -1.94. The number of hydrogen-bond donors (Lipinski definition) is 1. The van der Waals surface area contributed by atoms with E-state index < -0.39 is 31.2 Å². The van der Waals surface area contributed by atoms with Crippen LogP contribution >= 0.6 is 0 Å². The number of nitrogens with one attached hydrogen (secondary N) is 1. The molecule has 10 heteroatoms. The Morgan fingerprint density at radius 3 is 2.59 bits per heavy atom. The maximum absolute atomic E-state index is 12.0. The van der Waals surface area contributed by atoms with Gasteiger partial charge in [0.05, 0.1) is 0 Å². The Labute approximate surface area is 152 Å². The van der Waals surface area contributed by atoms with Crippen molar-refractivity contribution < 1.29 is 32.0 Å². The maximum atomic E-state index is 12.0. The van der Waals surface area contributed by atoms with Gasteiger partial charge in [-0.1, -0.05) is 5.16 Å². The van der Waals surface area contributed by atoms with E-state index in [1.807, 2.05) is 24.5 Å². The van der Waals surface area contributed by atoms with Crippen molar-refractivity contribution in [3.63, 3.8) is 0 Å². The molecule has 2 aromatic rings. The molecule has 0 fully saturated rings. The average Bonchev–Trinajstić information content (AvgIpc) is 3.11. The number of carbonyl (C=O) groups is 2. The molecule has 2 aromatic heterocycles. The summed E-state index contributed by atoms with van der Waals surface area (Å²) in [6, 6.07) is 3.58. The van der Waals surface area contributed by atoms with Gasteiger partial charge in [-0.3, -0.25) is 9.36 Å². The van der Waals surface area contributed by atoms with Crippen LogP contribution in [0.3, 0.4) is 0 Å². The molecule has 0 aliphatic carbocycles. The molecule has 7 nitrogen and oxygen atoms in total. The Kier molecular flexibility index (Phi) is 6.09. The molecule has 0 unspecified atom stereocenters. The van der Waals surface area contributed by atoms with Crippen LogP contribution in [0.5, 0.6) is 0 Å². The zero-order valence-electron chi connectivity index (χ0n) is 14.9. The van der Waals surface area contributed by atoms with Crippen molar-refractivity contribution >= 4 is 18.0 Å². The third-order valence-electron chi connectivity index (χ3n) is 3.55. The van der Waals surface area contributed by atoms with Gasteiger partial charge in [-0.15, -0.1) is 0 Å². The summed E-state index contributed by atoms with van der Waals surface area (Å²) >= 11 is 0. The lowest BCUT2D eigenvalue weighted by Gasteiger charge is -2.07. The van der Waals surface area contributed by atoms with Crippen molar-refractivity contribution in [2.45, 2.75) is 26.9 Å². The molecule has 27 heavy (non-hydrogen) atoms. The van der Waals surface area contributed by atoms with Gasteiger partial charge >= 0.3 is 12.1 Å². The van der Waals surface area contributed by atoms with E-state index >= 15 is 0 Å². The summed E-state index contributed by atoms with van der Waals surface area (Å²) in [6.45, 7) is 3.18. The molecule has 146 valence electrons. The summed E-state index contributed by atoms with van der Waals surface area (Å²) in [5.74, 6) is -0.624. The molecule has 1 amide bonds. The Morgan fingerprint density at radius 1 is 1.30 bits per heavy atom. The zero-order valence-corrected chi connectivity index (χ0v) is 14.9. The van der Waals surface area contributed by atoms with Crippen LogP contribution in [-0.2, 0) is 14.3 Å². The quantitative estimate of drug-likeness (QED) is 0.610. The first-order chi connectivity index (χ1) is 12.6. The van der Waals surface area contributed by atoms with Crippen molar-refractivity contribution in [3.05, 3.63) is 40.9 Å². The molecule has 1 N–H and O–H groups in total. The van der Waals surface area contributed by atoms with Crippen LogP contribution in [0.25, 0.3) is 11.9 Å². The number of esters is 1. The van der Waals surface area contributed by atoms with E-state index in [0.717, 1.165) is 17.5 Å². The number of amides is 1. The van der Waals surface area contributed by atoms with E-state index in [4.69, 9.17) is 4.52 Å². The summed E-state index contributed by atoms with van der Waals surface area (Å²) in [5.41, 5.74) is 2.37. The van der Waals surface area contributed by atoms with Crippen LogP contribution in [-0.4, -0.2) is 40.9 Å². The number of alkyl halides is 3. The molecule has 0 bridgehead atoms. The first-order valence-corrected chi connectivity index (χ1v) is 7.88. The summed E-state index contributed by atoms with van der Waals surface area (Å²) < 4.78 is 47.4. The molecular formula is C17H18F3N3O4. The SMILES string of the molecule is Cc1cc(-n2c(C)cc(C=CC(=O)OCC(=O)NCC(F)(F)F)c2C)no1. The first kappa shape index (κ1) is 20.3. The Bertz CT molecular complexity index is 865. The Balaban J connectivity index is 1.96. The topological polar surface area (TPSA) is 86.4 Å². The number of aromatic nitrogens is 2. The normalized spacial score (nSPS) is 11.8. The minimum Gasteiger partial charge on any atom is -0.452 e. The molecule has 0 atom stereocenters. The molecule has 0 saturated carbocycles. The van der Waals surface area contributed by atoms with Gasteiger partial charge in [0, 0.05) is 23.5 Å². The van der Waals surface area contributed by atoms with Crippen LogP contribution < -0.4 is 5.32 Å². The van der Waals surface area contributed by atoms with Gasteiger partial charge in [0.25, 0.3) is 5.91 Å². The molecule has 0 aromatic carbocycles. The van der Waals surface area contributed by atoms with Gasteiger partial charge in [0.15, 0.2) is 12.4 Å². The van der Waals surface area contributed by atoms with Crippen molar-refractivity contribution in [2.75, 3.05) is 13.2 Å². The highest BCUT2D eigenvalue weighted by molar-refractivity contribution is 5.89. The van der Waals surface area contributed by atoms with Crippen LogP contribution in [0.4, 0.5) is 13.2 Å². The maximum Gasteiger partial charge on any atom is 0.405 e. The molecular weight excluding hydrogens is 367 g/mol. The second-order valence-electron chi connectivity index (χ2n) is 5.79. The fourth-order valence-electron chi connectivity index (χ4n) is 2.36. The second-order valence-corrected chi connectivity index (χ2v) is 5.79. The summed E-state index contributed by atoms with van der Waals surface area (Å²) in [4.78, 5) is 22.9. The molecule has 0 spiro atoms. The largest absolute Gasteiger partial charge is 0.452 e. The van der Waals surface area contributed by atoms with Gasteiger partial charge in [-0.2, -0.15) is 13.2 Å². The van der Waals surface area contributed by atoms with Gasteiger partial charge in [0.2, 0.25) is 0 Å². The van der Waals surface area contributed by atoms with Crippen LogP contribution in [0.1, 0.15) is 22.7 Å². The minimum atomic E-state index is -4.52. The third-order valence-corrected chi connectivity index (χ3v) is 3.55. The number of halogens is 3. The monoisotopic (exact) mass is 385 g/mol. The van der Waals surface area contributed by atoms with Crippen molar-refractivity contribution in [1.29, 1.82) is 0 Å². The molecule has 0 aliphatic heterocycles. The third kappa shape index (κ3) is 5.73. The van der Waals surface area contributed by atoms with Crippen LogP contribution in [0, 0.1) is 20.8 Å². The van der Waals surface area contributed by atoms with Crippen LogP contribution in [0.2, 0.25) is 0 Å². The van der Waals surface area contributed by atoms with Gasteiger partial charge in [-0.05, 0) is 38.5 Å². The Morgan fingerprint density at radius 2 is 2.00 bits per heavy atom. The lowest BCUT2D eigenvalue weighted by atomic mass is 10.2. The highest BCUT2D eigenvalue weighted by atomic mass is 19.4. The number of hydrogen-bond acceptors (Lipinski definition) is 5. The zero-order chi connectivity index (χ0) is 20.2. The van der Waals surface area contributed by atoms with E-state index in [0.29, 0.717) is 17.1 Å². The first-order valence-electron chi connectivity index (χ1n) is 7.88. The van der Waals surface area contributed by atoms with Gasteiger partial charge in [-0.25, -0.2) is 4.79 Å². The molecule has 2 heterocycles. The lowest BCUT2D eigenvalue weighted by Crippen LogP contribution is -2.36. The lowest BCUT2D eigenvalue weighted by molar-refractivity contribution is -0.148. The number of ether oxygens (including phenoxy) is 1. The van der Waals surface area contributed by atoms with Crippen LogP contribution in [0.15, 0.2) is 22.7 Å². The second kappa shape index (κ2) is 8.11. The van der Waals surface area contributed by atoms with Crippen molar-refractivity contribution in [1.82, 2.24) is 15.0 Å². The Hall–Kier alpha value is -3.04. The average molecular weight is 385 g/mol. The highest BCUT2D eigenvalue weighted by Crippen LogP contribution is 2.21. The van der Waals surface area contributed by atoms with E-state index in [9.17, 15) is 22.8 Å². The van der Waals surface area contributed by atoms with Gasteiger partial charge in [0.1, 0.15) is 12.3 Å². The molecule has 0 aliphatic rings. The number of carbonyl (C=O) groups excluding carboxylic acids is 2. The summed E-state index contributed by atoms with van der Waals surface area (Å²) in [5, 5.41) is 5.55. The van der Waals surface area contributed by atoms with Crippen molar-refractivity contribution in [2.24, 2.45) is 0 Å². The standard InChI is InChI=1S/C17H18F3N3O4/c1-10-6-13(12(3)23(10)14-7-11(2)27-22-14)4-5-16(25)26-8-15(24)21-9-17(18,19)20/h4-7H,8-9H2,1-3H3,(H,21,24). The van der Waals surface area contributed by atoms with E-state index in [-0.39, 0.29) is 0 Å². The predicted molar refractivity (Wildman–Crippen MR) is 89.1 cm³/mol. The smallest absolute Gasteiger partial charge is 0.405 e. The van der Waals surface area contributed by atoms with E-state index in [1.165, 1.54) is 6.08 Å². The highest BCUT2D eigenvalue weighted by Gasteiger charge is 2.27. The predicted octanol–water partition coefficient (Wildman–Crippen LogP) is 2.63. The van der Waals surface area contributed by atoms with E-state index in [1.54, 1.807) is 18.3 Å². The molecule has 0 radical (unpaired) electrons. The molecule has 2 rings (SSSR count). The number of nitrogens with zero attached hydrogens (tertiary/aromatic N) is 2.